The Kier molecular flexibility index (Phi) is 6.39. The highest BCUT2D eigenvalue weighted by Crippen LogP contribution is 2.34. The van der Waals surface area contributed by atoms with Crippen molar-refractivity contribution in [3.63, 3.8) is 0 Å². The van der Waals surface area contributed by atoms with E-state index in [0.717, 1.165) is 11.4 Å². The second-order valence-corrected chi connectivity index (χ2v) is 7.22. The number of aromatic nitrogens is 3. The minimum absolute atomic E-state index is 0.177. The SMILES string of the molecule is CCc1nc(-c2ccc(N3CCN(C(=O)Nc4cccc(OC)c4OC)CC3)nc2)no1. The molecule has 0 atom stereocenters. The second kappa shape index (κ2) is 9.54. The molecule has 4 rings (SSSR count). The van der Waals surface area contributed by atoms with Crippen LogP contribution in [0.5, 0.6) is 11.5 Å². The van der Waals surface area contributed by atoms with E-state index in [1.54, 1.807) is 37.4 Å². The molecule has 2 amide bonds. The van der Waals surface area contributed by atoms with Crippen molar-refractivity contribution in [1.82, 2.24) is 20.0 Å². The molecule has 2 aromatic heterocycles. The average molecular weight is 438 g/mol. The summed E-state index contributed by atoms with van der Waals surface area (Å²) in [6.07, 6.45) is 2.44. The number of aryl methyl sites for hydroxylation is 1. The molecule has 3 aromatic rings. The van der Waals surface area contributed by atoms with E-state index in [4.69, 9.17) is 14.0 Å². The van der Waals surface area contributed by atoms with Gasteiger partial charge in [0.15, 0.2) is 11.5 Å². The maximum Gasteiger partial charge on any atom is 0.322 e. The Hall–Kier alpha value is -3.82. The molecule has 0 unspecified atom stereocenters. The Balaban J connectivity index is 1.35. The molecule has 0 saturated carbocycles. The lowest BCUT2D eigenvalue weighted by molar-refractivity contribution is 0.208. The number of nitrogens with zero attached hydrogens (tertiary/aromatic N) is 5. The zero-order chi connectivity index (χ0) is 22.5. The Bertz CT molecular complexity index is 1060. The molecule has 1 aromatic carbocycles. The van der Waals surface area contributed by atoms with Crippen molar-refractivity contribution in [2.45, 2.75) is 13.3 Å². The number of methoxy groups -OCH3 is 2. The van der Waals surface area contributed by atoms with Crippen molar-refractivity contribution in [2.24, 2.45) is 0 Å². The van der Waals surface area contributed by atoms with E-state index in [1.807, 2.05) is 25.1 Å². The first-order valence-corrected chi connectivity index (χ1v) is 10.4. The predicted molar refractivity (Wildman–Crippen MR) is 119 cm³/mol. The highest BCUT2D eigenvalue weighted by Gasteiger charge is 2.23. The first kappa shape index (κ1) is 21.4. The second-order valence-electron chi connectivity index (χ2n) is 7.22. The lowest BCUT2D eigenvalue weighted by Crippen LogP contribution is -2.50. The zero-order valence-corrected chi connectivity index (χ0v) is 18.4. The van der Waals surface area contributed by atoms with Crippen molar-refractivity contribution in [2.75, 3.05) is 50.6 Å². The van der Waals surface area contributed by atoms with Gasteiger partial charge < -0.3 is 29.1 Å². The highest BCUT2D eigenvalue weighted by atomic mass is 16.5. The first-order chi connectivity index (χ1) is 15.6. The van der Waals surface area contributed by atoms with Gasteiger partial charge in [-0.05, 0) is 24.3 Å². The molecule has 32 heavy (non-hydrogen) atoms. The number of carbonyl (C=O) groups is 1. The number of para-hydroxylation sites is 1. The van der Waals surface area contributed by atoms with Gasteiger partial charge in [-0.1, -0.05) is 18.1 Å². The van der Waals surface area contributed by atoms with Crippen LogP contribution in [0.3, 0.4) is 0 Å². The van der Waals surface area contributed by atoms with Crippen LogP contribution in [-0.4, -0.2) is 66.5 Å². The van der Waals surface area contributed by atoms with E-state index in [1.165, 1.54) is 0 Å². The number of rotatable bonds is 6. The number of urea groups is 1. The Morgan fingerprint density at radius 1 is 1.12 bits per heavy atom. The molecule has 1 N–H and O–H groups in total. The number of carbonyl (C=O) groups excluding carboxylic acids is 1. The zero-order valence-electron chi connectivity index (χ0n) is 18.4. The number of piperazine rings is 1. The lowest BCUT2D eigenvalue weighted by atomic mass is 10.2. The van der Waals surface area contributed by atoms with Gasteiger partial charge in [0.25, 0.3) is 0 Å². The third-order valence-electron chi connectivity index (χ3n) is 5.31. The Morgan fingerprint density at radius 2 is 1.94 bits per heavy atom. The van der Waals surface area contributed by atoms with Gasteiger partial charge in [-0.25, -0.2) is 9.78 Å². The van der Waals surface area contributed by atoms with E-state index in [2.05, 4.69) is 25.3 Å². The smallest absolute Gasteiger partial charge is 0.322 e. The lowest BCUT2D eigenvalue weighted by Gasteiger charge is -2.35. The summed E-state index contributed by atoms with van der Waals surface area (Å²) in [4.78, 5) is 25.6. The first-order valence-electron chi connectivity index (χ1n) is 10.4. The largest absolute Gasteiger partial charge is 0.493 e. The normalized spacial score (nSPS) is 13.7. The average Bonchev–Trinajstić information content (AvgIpc) is 3.33. The van der Waals surface area contributed by atoms with Gasteiger partial charge >= 0.3 is 6.03 Å². The van der Waals surface area contributed by atoms with Gasteiger partial charge in [-0.2, -0.15) is 4.98 Å². The summed E-state index contributed by atoms with van der Waals surface area (Å²) < 4.78 is 15.8. The number of hydrogen-bond donors (Lipinski definition) is 1. The maximum absolute atomic E-state index is 12.8. The molecular formula is C22H26N6O4. The quantitative estimate of drug-likeness (QED) is 0.626. The molecule has 3 heterocycles. The molecule has 10 nitrogen and oxygen atoms in total. The number of amides is 2. The van der Waals surface area contributed by atoms with Crippen molar-refractivity contribution in [3.05, 3.63) is 42.4 Å². The number of pyridine rings is 1. The number of ether oxygens (including phenoxy) is 2. The molecule has 0 aliphatic carbocycles. The highest BCUT2D eigenvalue weighted by molar-refractivity contribution is 5.91. The van der Waals surface area contributed by atoms with Gasteiger partial charge in [0.05, 0.1) is 19.9 Å². The summed E-state index contributed by atoms with van der Waals surface area (Å²) >= 11 is 0. The van der Waals surface area contributed by atoms with Crippen molar-refractivity contribution >= 4 is 17.5 Å². The molecule has 0 spiro atoms. The topological polar surface area (TPSA) is 106 Å². The van der Waals surface area contributed by atoms with Crippen LogP contribution < -0.4 is 19.7 Å². The molecule has 1 saturated heterocycles. The molecule has 0 radical (unpaired) electrons. The fourth-order valence-electron chi connectivity index (χ4n) is 3.54. The standard InChI is InChI=1S/C22H26N6O4/c1-4-19-25-21(26-32-19)15-8-9-18(23-14-15)27-10-12-28(13-11-27)22(29)24-16-6-5-7-17(30-2)20(16)31-3/h5-9,14H,4,10-13H2,1-3H3,(H,24,29). The van der Waals surface area contributed by atoms with Crippen LogP contribution >= 0.6 is 0 Å². The summed E-state index contributed by atoms with van der Waals surface area (Å²) in [5.74, 6) is 3.05. The Morgan fingerprint density at radius 3 is 2.56 bits per heavy atom. The van der Waals surface area contributed by atoms with E-state index >= 15 is 0 Å². The summed E-state index contributed by atoms with van der Waals surface area (Å²) in [7, 11) is 3.11. The van der Waals surface area contributed by atoms with Crippen molar-refractivity contribution in [1.29, 1.82) is 0 Å². The molecule has 10 heteroatoms. The monoisotopic (exact) mass is 438 g/mol. The van der Waals surface area contributed by atoms with Gasteiger partial charge in [-0.3, -0.25) is 0 Å². The number of benzene rings is 1. The predicted octanol–water partition coefficient (Wildman–Crippen LogP) is 3.07. The van der Waals surface area contributed by atoms with Gasteiger partial charge in [0.2, 0.25) is 11.7 Å². The van der Waals surface area contributed by atoms with Gasteiger partial charge in [0.1, 0.15) is 5.82 Å². The molecule has 1 fully saturated rings. The van der Waals surface area contributed by atoms with Crippen LogP contribution in [0.1, 0.15) is 12.8 Å². The van der Waals surface area contributed by atoms with Crippen LogP contribution in [0.2, 0.25) is 0 Å². The van der Waals surface area contributed by atoms with E-state index in [9.17, 15) is 4.79 Å². The van der Waals surface area contributed by atoms with Crippen LogP contribution in [0, 0.1) is 0 Å². The molecule has 1 aliphatic heterocycles. The number of nitrogens with one attached hydrogen (secondary N) is 1. The van der Waals surface area contributed by atoms with Gasteiger partial charge in [0, 0.05) is 44.4 Å². The van der Waals surface area contributed by atoms with Crippen LogP contribution in [-0.2, 0) is 6.42 Å². The molecule has 168 valence electrons. The van der Waals surface area contributed by atoms with Crippen LogP contribution in [0.15, 0.2) is 41.1 Å². The van der Waals surface area contributed by atoms with Gasteiger partial charge in [-0.15, -0.1) is 0 Å². The van der Waals surface area contributed by atoms with E-state index in [-0.39, 0.29) is 6.03 Å². The van der Waals surface area contributed by atoms with E-state index < -0.39 is 0 Å². The number of anilines is 2. The van der Waals surface area contributed by atoms with Crippen molar-refractivity contribution in [3.8, 4) is 22.9 Å². The maximum atomic E-state index is 12.8. The van der Waals surface area contributed by atoms with Crippen LogP contribution in [0.25, 0.3) is 11.4 Å². The minimum atomic E-state index is -0.177. The third kappa shape index (κ3) is 4.43. The molecule has 0 bridgehead atoms. The fourth-order valence-corrected chi connectivity index (χ4v) is 3.54. The van der Waals surface area contributed by atoms with E-state index in [0.29, 0.717) is 61.5 Å². The van der Waals surface area contributed by atoms with Crippen molar-refractivity contribution < 1.29 is 18.8 Å². The third-order valence-corrected chi connectivity index (χ3v) is 5.31. The summed E-state index contributed by atoms with van der Waals surface area (Å²) in [5.41, 5.74) is 1.38. The summed E-state index contributed by atoms with van der Waals surface area (Å²) in [5, 5.41) is 6.90. The minimum Gasteiger partial charge on any atom is -0.493 e. The summed E-state index contributed by atoms with van der Waals surface area (Å²) in [6.45, 7) is 4.47. The Labute approximate surface area is 186 Å². The number of hydrogen-bond acceptors (Lipinski definition) is 8. The molecular weight excluding hydrogens is 412 g/mol. The fraction of sp³-hybridized carbons (Fsp3) is 0.364. The summed E-state index contributed by atoms with van der Waals surface area (Å²) in [6, 6.07) is 9.07. The molecule has 1 aliphatic rings. The van der Waals surface area contributed by atoms with Crippen LogP contribution in [0.4, 0.5) is 16.3 Å².